The number of hydrogen-bond acceptors (Lipinski definition) is 3. The Morgan fingerprint density at radius 2 is 1.76 bits per heavy atom. The first kappa shape index (κ1) is 16.0. The Morgan fingerprint density at radius 1 is 1.14 bits per heavy atom. The van der Waals surface area contributed by atoms with Crippen LogP contribution in [0.3, 0.4) is 0 Å². The molecular formula is C16H22ClN3O. The molecule has 114 valence electrons. The third kappa shape index (κ3) is 4.05. The number of aromatic nitrogens is 3. The molecule has 0 bridgehead atoms. The topological polar surface area (TPSA) is 50.9 Å². The van der Waals surface area contributed by atoms with Gasteiger partial charge in [0, 0.05) is 16.9 Å². The van der Waals surface area contributed by atoms with Crippen LogP contribution in [0.25, 0.3) is 0 Å². The zero-order valence-electron chi connectivity index (χ0n) is 13.0. The van der Waals surface area contributed by atoms with Gasteiger partial charge in [0.1, 0.15) is 6.33 Å². The van der Waals surface area contributed by atoms with E-state index in [1.54, 1.807) is 17.9 Å². The number of aryl methyl sites for hydroxylation is 1. The van der Waals surface area contributed by atoms with Gasteiger partial charge in [-0.05, 0) is 31.0 Å². The Bertz CT molecular complexity index is 597. The summed E-state index contributed by atoms with van der Waals surface area (Å²) in [6.45, 7) is 7.91. The lowest BCUT2D eigenvalue weighted by Crippen LogP contribution is -2.31. The molecule has 1 atom stereocenters. The maximum Gasteiger partial charge on any atom is 0.157 e. The van der Waals surface area contributed by atoms with Crippen LogP contribution in [0.5, 0.6) is 0 Å². The van der Waals surface area contributed by atoms with Gasteiger partial charge in [-0.3, -0.25) is 0 Å². The molecule has 2 rings (SSSR count). The fourth-order valence-corrected chi connectivity index (χ4v) is 2.11. The molecule has 1 heterocycles. The second-order valence-corrected chi connectivity index (χ2v) is 7.04. The number of aliphatic hydroxyl groups is 1. The van der Waals surface area contributed by atoms with E-state index in [1.807, 2.05) is 24.3 Å². The average molecular weight is 308 g/mol. The molecule has 0 aliphatic heterocycles. The third-order valence-electron chi connectivity index (χ3n) is 3.46. The molecule has 0 saturated heterocycles. The molecule has 1 aromatic heterocycles. The van der Waals surface area contributed by atoms with Gasteiger partial charge in [0.25, 0.3) is 0 Å². The zero-order valence-corrected chi connectivity index (χ0v) is 13.7. The van der Waals surface area contributed by atoms with Gasteiger partial charge in [-0.2, -0.15) is 5.10 Å². The van der Waals surface area contributed by atoms with Crippen LogP contribution < -0.4 is 0 Å². The Kier molecular flexibility index (Phi) is 4.40. The summed E-state index contributed by atoms with van der Waals surface area (Å²) < 4.78 is 1.55. The van der Waals surface area contributed by atoms with Crippen LogP contribution in [0.2, 0.25) is 5.02 Å². The number of rotatable bonds is 4. The van der Waals surface area contributed by atoms with E-state index in [-0.39, 0.29) is 5.41 Å². The van der Waals surface area contributed by atoms with Crippen LogP contribution in [0.15, 0.2) is 30.6 Å². The lowest BCUT2D eigenvalue weighted by Gasteiger charge is -2.23. The van der Waals surface area contributed by atoms with E-state index in [1.165, 1.54) is 0 Å². The summed E-state index contributed by atoms with van der Waals surface area (Å²) in [6, 6.07) is 7.66. The fraction of sp³-hybridized carbons (Fsp3) is 0.500. The first-order chi connectivity index (χ1) is 9.68. The molecule has 0 aliphatic rings. The minimum atomic E-state index is -1.06. The molecule has 0 fully saturated rings. The first-order valence-corrected chi connectivity index (χ1v) is 7.46. The van der Waals surface area contributed by atoms with E-state index in [0.29, 0.717) is 6.42 Å². The molecular weight excluding hydrogens is 286 g/mol. The zero-order chi connectivity index (χ0) is 15.7. The van der Waals surface area contributed by atoms with Crippen molar-refractivity contribution < 1.29 is 5.11 Å². The van der Waals surface area contributed by atoms with Crippen LogP contribution in [0, 0.1) is 0 Å². The van der Waals surface area contributed by atoms with Crippen LogP contribution in [-0.2, 0) is 17.6 Å². The van der Waals surface area contributed by atoms with Gasteiger partial charge < -0.3 is 5.11 Å². The standard InChI is InChI=1S/C16H22ClN3O/c1-15(2,3)14-18-11-20(19-14)16(4,21)10-9-12-5-7-13(17)8-6-12/h5-8,11,21H,9-10H2,1-4H3. The van der Waals surface area contributed by atoms with Crippen LogP contribution in [0.4, 0.5) is 0 Å². The monoisotopic (exact) mass is 307 g/mol. The molecule has 0 aliphatic carbocycles. The smallest absolute Gasteiger partial charge is 0.157 e. The average Bonchev–Trinajstić information content (AvgIpc) is 2.88. The van der Waals surface area contributed by atoms with Crippen molar-refractivity contribution in [3.8, 4) is 0 Å². The highest BCUT2D eigenvalue weighted by molar-refractivity contribution is 6.30. The largest absolute Gasteiger partial charge is 0.369 e. The SMILES string of the molecule is CC(C)(C)c1ncn(C(C)(O)CCc2ccc(Cl)cc2)n1. The molecule has 1 unspecified atom stereocenters. The second kappa shape index (κ2) is 5.78. The van der Waals surface area contributed by atoms with Crippen LogP contribution >= 0.6 is 11.6 Å². The van der Waals surface area contributed by atoms with Crippen molar-refractivity contribution in [2.45, 2.75) is 51.7 Å². The quantitative estimate of drug-likeness (QED) is 0.940. The minimum Gasteiger partial charge on any atom is -0.369 e. The number of hydrogen-bond donors (Lipinski definition) is 1. The number of nitrogens with zero attached hydrogens (tertiary/aromatic N) is 3. The van der Waals surface area contributed by atoms with Crippen molar-refractivity contribution in [1.82, 2.24) is 14.8 Å². The third-order valence-corrected chi connectivity index (χ3v) is 3.71. The van der Waals surface area contributed by atoms with Gasteiger partial charge in [-0.1, -0.05) is 44.5 Å². The molecule has 2 aromatic rings. The van der Waals surface area contributed by atoms with Crippen LogP contribution in [-0.4, -0.2) is 19.9 Å². The van der Waals surface area contributed by atoms with Gasteiger partial charge in [0.05, 0.1) is 0 Å². The molecule has 21 heavy (non-hydrogen) atoms. The van der Waals surface area contributed by atoms with Crippen LogP contribution in [0.1, 0.15) is 45.5 Å². The van der Waals surface area contributed by atoms with E-state index in [2.05, 4.69) is 30.9 Å². The Morgan fingerprint density at radius 3 is 2.29 bits per heavy atom. The highest BCUT2D eigenvalue weighted by Gasteiger charge is 2.27. The Hall–Kier alpha value is -1.39. The Labute approximate surface area is 130 Å². The van der Waals surface area contributed by atoms with Crippen molar-refractivity contribution in [3.05, 3.63) is 47.0 Å². The van der Waals surface area contributed by atoms with Crippen molar-refractivity contribution >= 4 is 11.6 Å². The predicted octanol–water partition coefficient (Wildman–Crippen LogP) is 3.53. The highest BCUT2D eigenvalue weighted by atomic mass is 35.5. The lowest BCUT2D eigenvalue weighted by molar-refractivity contribution is -0.0384. The maximum atomic E-state index is 10.6. The van der Waals surface area contributed by atoms with Gasteiger partial charge >= 0.3 is 0 Å². The molecule has 0 radical (unpaired) electrons. The summed E-state index contributed by atoms with van der Waals surface area (Å²) in [5, 5.41) is 15.7. The van der Waals surface area contributed by atoms with Crippen molar-refractivity contribution in [1.29, 1.82) is 0 Å². The normalized spacial score (nSPS) is 15.0. The van der Waals surface area contributed by atoms with E-state index >= 15 is 0 Å². The molecule has 1 aromatic carbocycles. The van der Waals surface area contributed by atoms with Gasteiger partial charge in [-0.25, -0.2) is 9.67 Å². The molecule has 5 heteroatoms. The maximum absolute atomic E-state index is 10.6. The van der Waals surface area contributed by atoms with E-state index in [4.69, 9.17) is 11.6 Å². The molecule has 0 amide bonds. The summed E-state index contributed by atoms with van der Waals surface area (Å²) in [6.07, 6.45) is 2.90. The van der Waals surface area contributed by atoms with Gasteiger partial charge in [0.2, 0.25) is 0 Å². The van der Waals surface area contributed by atoms with Crippen molar-refractivity contribution in [2.75, 3.05) is 0 Å². The predicted molar refractivity (Wildman–Crippen MR) is 84.4 cm³/mol. The van der Waals surface area contributed by atoms with E-state index in [0.717, 1.165) is 22.8 Å². The second-order valence-electron chi connectivity index (χ2n) is 6.61. The summed E-state index contributed by atoms with van der Waals surface area (Å²) in [4.78, 5) is 4.29. The lowest BCUT2D eigenvalue weighted by atomic mass is 9.96. The molecule has 0 spiro atoms. The summed E-state index contributed by atoms with van der Waals surface area (Å²) in [7, 11) is 0. The molecule has 1 N–H and O–H groups in total. The Balaban J connectivity index is 2.07. The van der Waals surface area contributed by atoms with Crippen molar-refractivity contribution in [2.24, 2.45) is 0 Å². The summed E-state index contributed by atoms with van der Waals surface area (Å²) in [5.74, 6) is 0.731. The number of benzene rings is 1. The van der Waals surface area contributed by atoms with Crippen molar-refractivity contribution in [3.63, 3.8) is 0 Å². The fourth-order valence-electron chi connectivity index (χ4n) is 1.99. The van der Waals surface area contributed by atoms with Gasteiger partial charge in [-0.15, -0.1) is 0 Å². The van der Waals surface area contributed by atoms with Gasteiger partial charge in [0.15, 0.2) is 11.5 Å². The van der Waals surface area contributed by atoms with E-state index < -0.39 is 5.72 Å². The van der Waals surface area contributed by atoms with E-state index in [9.17, 15) is 5.11 Å². The number of halogens is 1. The highest BCUT2D eigenvalue weighted by Crippen LogP contribution is 2.23. The minimum absolute atomic E-state index is 0.127. The first-order valence-electron chi connectivity index (χ1n) is 7.08. The summed E-state index contributed by atoms with van der Waals surface area (Å²) in [5.41, 5.74) is -0.0518. The summed E-state index contributed by atoms with van der Waals surface area (Å²) >= 11 is 5.87. The molecule has 4 nitrogen and oxygen atoms in total. The molecule has 0 saturated carbocycles.